The average molecular weight is 533 g/mol. The lowest BCUT2D eigenvalue weighted by Gasteiger charge is -2.18. The Hall–Kier alpha value is -3.89. The monoisotopic (exact) mass is 532 g/mol. The van der Waals surface area contributed by atoms with Gasteiger partial charge in [0.15, 0.2) is 0 Å². The second-order valence-corrected chi connectivity index (χ2v) is 9.94. The molecule has 13 heteroatoms. The fraction of sp³-hybridized carbons (Fsp3) is 0.250. The molecule has 0 amide bonds. The van der Waals surface area contributed by atoms with E-state index in [1.165, 1.54) is 36.0 Å². The van der Waals surface area contributed by atoms with Crippen molar-refractivity contribution in [1.29, 1.82) is 5.26 Å². The Balaban J connectivity index is 1.96. The number of nitrogens with one attached hydrogen (secondary N) is 1. The molecule has 0 saturated carbocycles. The normalized spacial score (nSPS) is 13.0. The summed E-state index contributed by atoms with van der Waals surface area (Å²) in [4.78, 5) is 12.2. The first-order valence-electron chi connectivity index (χ1n) is 11.0. The molecular weight excluding hydrogens is 512 g/mol. The lowest BCUT2D eigenvalue weighted by Crippen LogP contribution is -2.43. The standard InChI is InChI=1S/C24H20F4N6O2S/c1-4-15-9-20-16(10-18(15)25)17(11-29)22(34(20)23-30-6-5-7-31-23)19-8-13(2)21(12-32-19)37(35,36)33-14(3)24(26,27)28/h5-10,12,14,33H,4H2,1-3H3/t14-/m1/s1. The van der Waals surface area contributed by atoms with Crippen LogP contribution in [-0.2, 0) is 16.4 Å². The molecule has 0 aliphatic rings. The van der Waals surface area contributed by atoms with Crippen molar-refractivity contribution in [1.82, 2.24) is 24.2 Å². The molecule has 0 spiro atoms. The Morgan fingerprint density at radius 3 is 2.41 bits per heavy atom. The first kappa shape index (κ1) is 26.2. The van der Waals surface area contributed by atoms with Crippen LogP contribution in [0.4, 0.5) is 17.6 Å². The first-order valence-corrected chi connectivity index (χ1v) is 12.5. The summed E-state index contributed by atoms with van der Waals surface area (Å²) in [7, 11) is -4.57. The highest BCUT2D eigenvalue weighted by atomic mass is 32.2. The van der Waals surface area contributed by atoms with E-state index in [9.17, 15) is 31.2 Å². The van der Waals surface area contributed by atoms with E-state index < -0.39 is 33.0 Å². The molecule has 0 unspecified atom stereocenters. The molecule has 0 bridgehead atoms. The largest absolute Gasteiger partial charge is 0.404 e. The molecule has 0 aliphatic carbocycles. The van der Waals surface area contributed by atoms with Crippen LogP contribution in [0.15, 0.2) is 47.8 Å². The second-order valence-electron chi connectivity index (χ2n) is 8.25. The summed E-state index contributed by atoms with van der Waals surface area (Å²) in [5.74, 6) is -0.339. The minimum atomic E-state index is -4.78. The SMILES string of the molecule is CCc1cc2c(cc1F)c(C#N)c(-c1cc(C)c(S(=O)(=O)N[C@H](C)C(F)(F)F)cn1)n2-c1ncccn1. The maximum Gasteiger partial charge on any atom is 0.404 e. The summed E-state index contributed by atoms with van der Waals surface area (Å²) < 4.78 is 81.9. The van der Waals surface area contributed by atoms with Crippen molar-refractivity contribution in [3.8, 4) is 23.4 Å². The minimum Gasteiger partial charge on any atom is -0.275 e. The van der Waals surface area contributed by atoms with Gasteiger partial charge in [0, 0.05) is 24.0 Å². The van der Waals surface area contributed by atoms with E-state index in [4.69, 9.17) is 0 Å². The third-order valence-corrected chi connectivity index (χ3v) is 7.47. The summed E-state index contributed by atoms with van der Waals surface area (Å²) in [5, 5.41) is 10.3. The van der Waals surface area contributed by atoms with Crippen LogP contribution in [0.2, 0.25) is 0 Å². The zero-order chi connectivity index (χ0) is 27.1. The highest BCUT2D eigenvalue weighted by molar-refractivity contribution is 7.89. The molecule has 3 heterocycles. The number of benzene rings is 1. The number of hydrogen-bond donors (Lipinski definition) is 1. The van der Waals surface area contributed by atoms with Crippen molar-refractivity contribution in [2.24, 2.45) is 0 Å². The van der Waals surface area contributed by atoms with E-state index in [2.05, 4.69) is 21.0 Å². The van der Waals surface area contributed by atoms with E-state index >= 15 is 0 Å². The molecule has 0 radical (unpaired) electrons. The fourth-order valence-electron chi connectivity index (χ4n) is 3.91. The van der Waals surface area contributed by atoms with Gasteiger partial charge in [-0.25, -0.2) is 22.8 Å². The number of halogens is 4. The van der Waals surface area contributed by atoms with Gasteiger partial charge in [0.1, 0.15) is 22.8 Å². The molecule has 0 fully saturated rings. The van der Waals surface area contributed by atoms with Crippen molar-refractivity contribution < 1.29 is 26.0 Å². The number of fused-ring (bicyclic) bond motifs is 1. The van der Waals surface area contributed by atoms with Crippen LogP contribution in [0.5, 0.6) is 0 Å². The molecule has 4 rings (SSSR count). The van der Waals surface area contributed by atoms with Gasteiger partial charge >= 0.3 is 6.18 Å². The predicted octanol–water partition coefficient (Wildman–Crippen LogP) is 4.59. The zero-order valence-corrected chi connectivity index (χ0v) is 20.6. The Bertz CT molecular complexity index is 1640. The summed E-state index contributed by atoms with van der Waals surface area (Å²) >= 11 is 0. The number of sulfonamides is 1. The van der Waals surface area contributed by atoms with Crippen LogP contribution in [-0.4, -0.2) is 40.2 Å². The lowest BCUT2D eigenvalue weighted by molar-refractivity contribution is -0.147. The number of pyridine rings is 1. The molecule has 1 atom stereocenters. The fourth-order valence-corrected chi connectivity index (χ4v) is 5.31. The van der Waals surface area contributed by atoms with Gasteiger partial charge < -0.3 is 0 Å². The van der Waals surface area contributed by atoms with Gasteiger partial charge in [0.05, 0.1) is 22.5 Å². The minimum absolute atomic E-state index is 0.0512. The third-order valence-electron chi connectivity index (χ3n) is 5.80. The predicted molar refractivity (Wildman–Crippen MR) is 127 cm³/mol. The quantitative estimate of drug-likeness (QED) is 0.364. The highest BCUT2D eigenvalue weighted by Crippen LogP contribution is 2.36. The molecule has 0 saturated heterocycles. The van der Waals surface area contributed by atoms with Crippen LogP contribution in [0, 0.1) is 24.1 Å². The van der Waals surface area contributed by atoms with Gasteiger partial charge in [-0.05, 0) is 55.7 Å². The van der Waals surface area contributed by atoms with Gasteiger partial charge in [-0.1, -0.05) is 6.92 Å². The van der Waals surface area contributed by atoms with Crippen molar-refractivity contribution in [2.75, 3.05) is 0 Å². The van der Waals surface area contributed by atoms with Crippen LogP contribution in [0.3, 0.4) is 0 Å². The van der Waals surface area contributed by atoms with E-state index in [1.807, 2.05) is 0 Å². The Labute approximate surface area is 209 Å². The Morgan fingerprint density at radius 2 is 1.84 bits per heavy atom. The van der Waals surface area contributed by atoms with E-state index in [0.717, 1.165) is 6.20 Å². The van der Waals surface area contributed by atoms with Gasteiger partial charge in [-0.15, -0.1) is 0 Å². The highest BCUT2D eigenvalue weighted by Gasteiger charge is 2.39. The Kier molecular flexibility index (Phi) is 6.74. The van der Waals surface area contributed by atoms with Crippen LogP contribution in [0.25, 0.3) is 28.2 Å². The van der Waals surface area contributed by atoms with Crippen molar-refractivity contribution in [2.45, 2.75) is 44.3 Å². The number of alkyl halides is 3. The summed E-state index contributed by atoms with van der Waals surface area (Å²) in [6.07, 6.45) is -0.512. The van der Waals surface area contributed by atoms with Crippen molar-refractivity contribution in [3.05, 3.63) is 65.4 Å². The lowest BCUT2D eigenvalue weighted by atomic mass is 10.1. The average Bonchev–Trinajstić information content (AvgIpc) is 3.15. The van der Waals surface area contributed by atoms with Gasteiger partial charge in [0.25, 0.3) is 0 Å². The summed E-state index contributed by atoms with van der Waals surface area (Å²) in [5.41, 5.74) is 1.28. The van der Waals surface area contributed by atoms with Crippen LogP contribution in [0.1, 0.15) is 30.5 Å². The van der Waals surface area contributed by atoms with Crippen molar-refractivity contribution in [3.63, 3.8) is 0 Å². The zero-order valence-electron chi connectivity index (χ0n) is 19.8. The van der Waals surface area contributed by atoms with Crippen molar-refractivity contribution >= 4 is 20.9 Å². The van der Waals surface area contributed by atoms with Crippen LogP contribution >= 0.6 is 0 Å². The molecule has 1 aromatic carbocycles. The molecule has 3 aromatic heterocycles. The maximum atomic E-state index is 14.7. The van der Waals surface area contributed by atoms with E-state index in [1.54, 1.807) is 23.8 Å². The number of nitriles is 1. The molecule has 1 N–H and O–H groups in total. The smallest absolute Gasteiger partial charge is 0.275 e. The molecule has 192 valence electrons. The second kappa shape index (κ2) is 9.53. The number of nitrogens with zero attached hydrogens (tertiary/aromatic N) is 5. The molecule has 37 heavy (non-hydrogen) atoms. The number of rotatable bonds is 6. The number of hydrogen-bond acceptors (Lipinski definition) is 6. The van der Waals surface area contributed by atoms with Crippen LogP contribution < -0.4 is 4.72 Å². The molecular formula is C24H20F4N6O2S. The number of aromatic nitrogens is 4. The Morgan fingerprint density at radius 1 is 1.16 bits per heavy atom. The van der Waals surface area contributed by atoms with E-state index in [0.29, 0.717) is 24.4 Å². The summed E-state index contributed by atoms with van der Waals surface area (Å²) in [6, 6.07) is 5.49. The molecule has 8 nitrogen and oxygen atoms in total. The van der Waals surface area contributed by atoms with Gasteiger partial charge in [-0.2, -0.15) is 23.2 Å². The first-order chi connectivity index (χ1) is 17.4. The molecule has 4 aromatic rings. The van der Waals surface area contributed by atoms with Gasteiger partial charge in [-0.3, -0.25) is 9.55 Å². The van der Waals surface area contributed by atoms with Gasteiger partial charge in [0.2, 0.25) is 16.0 Å². The molecule has 0 aliphatic heterocycles. The maximum absolute atomic E-state index is 14.7. The van der Waals surface area contributed by atoms with E-state index in [-0.39, 0.29) is 33.8 Å². The topological polar surface area (TPSA) is 114 Å². The third kappa shape index (κ3) is 4.77. The number of aryl methyl sites for hydroxylation is 2. The summed E-state index contributed by atoms with van der Waals surface area (Å²) in [6.45, 7) is 3.86.